The summed E-state index contributed by atoms with van der Waals surface area (Å²) in [5, 5.41) is 14.8. The summed E-state index contributed by atoms with van der Waals surface area (Å²) >= 11 is 0. The molecule has 0 spiro atoms. The van der Waals surface area contributed by atoms with Crippen LogP contribution in [-0.4, -0.2) is 40.2 Å². The number of aryl methyl sites for hydroxylation is 1. The van der Waals surface area contributed by atoms with Gasteiger partial charge < -0.3 is 9.64 Å². The fourth-order valence-electron chi connectivity index (χ4n) is 2.03. The topological polar surface area (TPSA) is 73.4 Å². The van der Waals surface area contributed by atoms with Gasteiger partial charge in [-0.3, -0.25) is 14.8 Å². The highest BCUT2D eigenvalue weighted by Gasteiger charge is 2.18. The van der Waals surface area contributed by atoms with Crippen LogP contribution in [-0.2, 0) is 7.05 Å². The van der Waals surface area contributed by atoms with Crippen LogP contribution in [0.4, 0.5) is 5.69 Å². The molecule has 7 heteroatoms. The van der Waals surface area contributed by atoms with Gasteiger partial charge in [0.15, 0.2) is 6.10 Å². The van der Waals surface area contributed by atoms with E-state index in [9.17, 15) is 10.1 Å². The van der Waals surface area contributed by atoms with Crippen molar-refractivity contribution in [3.63, 3.8) is 0 Å². The highest BCUT2D eigenvalue weighted by Crippen LogP contribution is 2.24. The van der Waals surface area contributed by atoms with Crippen LogP contribution in [0.5, 0.6) is 5.75 Å². The zero-order valence-electron chi connectivity index (χ0n) is 12.3. The summed E-state index contributed by atoms with van der Waals surface area (Å²) in [7, 11) is 5.78. The van der Waals surface area contributed by atoms with Crippen LogP contribution in [0.3, 0.4) is 0 Å². The van der Waals surface area contributed by atoms with Crippen molar-refractivity contribution >= 4 is 5.69 Å². The molecule has 7 nitrogen and oxygen atoms in total. The molecule has 1 unspecified atom stereocenters. The van der Waals surface area contributed by atoms with Crippen LogP contribution in [0.25, 0.3) is 0 Å². The van der Waals surface area contributed by atoms with E-state index in [-0.39, 0.29) is 11.8 Å². The molecule has 1 heterocycles. The number of hydrogen-bond donors (Lipinski definition) is 0. The van der Waals surface area contributed by atoms with E-state index in [1.54, 1.807) is 23.0 Å². The molecule has 0 bridgehead atoms. The third-order valence-electron chi connectivity index (χ3n) is 3.05. The van der Waals surface area contributed by atoms with Gasteiger partial charge in [-0.15, -0.1) is 0 Å². The quantitative estimate of drug-likeness (QED) is 0.601. The normalized spacial score (nSPS) is 12.4. The van der Waals surface area contributed by atoms with Gasteiger partial charge in [-0.1, -0.05) is 0 Å². The lowest BCUT2D eigenvalue weighted by molar-refractivity contribution is -0.384. The van der Waals surface area contributed by atoms with Crippen LogP contribution >= 0.6 is 0 Å². The molecule has 21 heavy (non-hydrogen) atoms. The number of rotatable bonds is 6. The van der Waals surface area contributed by atoms with Crippen molar-refractivity contribution in [2.45, 2.75) is 6.10 Å². The second-order valence-corrected chi connectivity index (χ2v) is 5.00. The molecule has 0 aliphatic carbocycles. The Kier molecular flexibility index (Phi) is 4.54. The highest BCUT2D eigenvalue weighted by molar-refractivity contribution is 5.36. The Morgan fingerprint density at radius 2 is 2.00 bits per heavy atom. The molecule has 1 aromatic carbocycles. The third-order valence-corrected chi connectivity index (χ3v) is 3.05. The number of benzene rings is 1. The predicted octanol–water partition coefficient (Wildman–Crippen LogP) is 2.01. The molecule has 2 aromatic rings. The van der Waals surface area contributed by atoms with Crippen molar-refractivity contribution in [1.29, 1.82) is 0 Å². The number of nitrogens with zero attached hydrogens (tertiary/aromatic N) is 4. The number of ether oxygens (including phenoxy) is 1. The van der Waals surface area contributed by atoms with Crippen LogP contribution < -0.4 is 4.74 Å². The van der Waals surface area contributed by atoms with Gasteiger partial charge in [0.1, 0.15) is 5.75 Å². The maximum Gasteiger partial charge on any atom is 0.269 e. The maximum absolute atomic E-state index is 10.7. The van der Waals surface area contributed by atoms with Gasteiger partial charge in [0.2, 0.25) is 0 Å². The molecule has 0 radical (unpaired) electrons. The van der Waals surface area contributed by atoms with Gasteiger partial charge in [0.25, 0.3) is 5.69 Å². The predicted molar refractivity (Wildman–Crippen MR) is 78.2 cm³/mol. The fraction of sp³-hybridized carbons (Fsp3) is 0.357. The molecule has 0 amide bonds. The zero-order valence-corrected chi connectivity index (χ0v) is 12.3. The van der Waals surface area contributed by atoms with Crippen LogP contribution in [0.15, 0.2) is 36.5 Å². The fourth-order valence-corrected chi connectivity index (χ4v) is 2.03. The maximum atomic E-state index is 10.7. The molecule has 0 fully saturated rings. The average Bonchev–Trinajstić information content (AvgIpc) is 2.84. The average molecular weight is 290 g/mol. The first kappa shape index (κ1) is 15.0. The molecule has 112 valence electrons. The lowest BCUT2D eigenvalue weighted by Gasteiger charge is -2.22. The Hall–Kier alpha value is -2.41. The second kappa shape index (κ2) is 6.36. The largest absolute Gasteiger partial charge is 0.483 e. The van der Waals surface area contributed by atoms with E-state index >= 15 is 0 Å². The number of aromatic nitrogens is 2. The summed E-state index contributed by atoms with van der Waals surface area (Å²) in [5.74, 6) is 0.591. The Labute approximate surface area is 122 Å². The second-order valence-electron chi connectivity index (χ2n) is 5.00. The Morgan fingerprint density at radius 1 is 1.33 bits per heavy atom. The number of nitro benzene ring substituents is 1. The minimum atomic E-state index is -0.428. The minimum absolute atomic E-state index is 0.0482. The molecule has 0 saturated carbocycles. The summed E-state index contributed by atoms with van der Waals surface area (Å²) in [5.41, 5.74) is 0.995. The van der Waals surface area contributed by atoms with E-state index in [2.05, 4.69) is 5.10 Å². The number of nitro groups is 1. The van der Waals surface area contributed by atoms with Crippen LogP contribution in [0.2, 0.25) is 0 Å². The number of non-ortho nitro benzene ring substituents is 1. The monoisotopic (exact) mass is 290 g/mol. The molecule has 0 N–H and O–H groups in total. The first-order chi connectivity index (χ1) is 9.97. The van der Waals surface area contributed by atoms with E-state index in [1.807, 2.05) is 32.1 Å². The van der Waals surface area contributed by atoms with Crippen molar-refractivity contribution in [2.24, 2.45) is 7.05 Å². The van der Waals surface area contributed by atoms with Gasteiger partial charge in [-0.25, -0.2) is 0 Å². The molecule has 2 rings (SSSR count). The highest BCUT2D eigenvalue weighted by atomic mass is 16.6. The van der Waals surface area contributed by atoms with Crippen molar-refractivity contribution in [3.05, 3.63) is 52.3 Å². The minimum Gasteiger partial charge on any atom is -0.483 e. The van der Waals surface area contributed by atoms with Gasteiger partial charge in [0, 0.05) is 31.9 Å². The molecular weight excluding hydrogens is 272 g/mol. The Morgan fingerprint density at radius 3 is 2.48 bits per heavy atom. The Balaban J connectivity index is 2.19. The lowest BCUT2D eigenvalue weighted by atomic mass is 10.2. The summed E-state index contributed by atoms with van der Waals surface area (Å²) in [6.45, 7) is 0.677. The van der Waals surface area contributed by atoms with Crippen LogP contribution in [0.1, 0.15) is 11.8 Å². The lowest BCUT2D eigenvalue weighted by Crippen LogP contribution is -2.25. The van der Waals surface area contributed by atoms with Gasteiger partial charge in [0.05, 0.1) is 10.6 Å². The molecule has 1 aromatic heterocycles. The molecule has 0 saturated heterocycles. The van der Waals surface area contributed by atoms with E-state index < -0.39 is 4.92 Å². The summed E-state index contributed by atoms with van der Waals surface area (Å²) in [4.78, 5) is 12.2. The summed E-state index contributed by atoms with van der Waals surface area (Å²) in [6, 6.07) is 7.99. The van der Waals surface area contributed by atoms with Crippen molar-refractivity contribution in [3.8, 4) is 5.75 Å². The van der Waals surface area contributed by atoms with E-state index in [0.717, 1.165) is 5.69 Å². The van der Waals surface area contributed by atoms with Crippen molar-refractivity contribution in [2.75, 3.05) is 20.6 Å². The summed E-state index contributed by atoms with van der Waals surface area (Å²) in [6.07, 6.45) is 1.52. The number of hydrogen-bond acceptors (Lipinski definition) is 5. The van der Waals surface area contributed by atoms with Gasteiger partial charge in [-0.05, 0) is 32.3 Å². The zero-order chi connectivity index (χ0) is 15.4. The van der Waals surface area contributed by atoms with Gasteiger partial charge >= 0.3 is 0 Å². The first-order valence-corrected chi connectivity index (χ1v) is 6.51. The van der Waals surface area contributed by atoms with Gasteiger partial charge in [-0.2, -0.15) is 5.10 Å². The Bertz CT molecular complexity index is 607. The number of likely N-dealkylation sites (N-methyl/N-ethyl adjacent to an activating group) is 1. The molecule has 0 aliphatic heterocycles. The van der Waals surface area contributed by atoms with Crippen molar-refractivity contribution < 1.29 is 9.66 Å². The van der Waals surface area contributed by atoms with E-state index in [1.165, 1.54) is 12.1 Å². The standard InChI is InChI=1S/C14H18N4O3/c1-16(2)10-14(13-8-9-15-17(13)3)21-12-6-4-11(5-7-12)18(19)20/h4-9,14H,10H2,1-3H3. The van der Waals surface area contributed by atoms with E-state index in [0.29, 0.717) is 12.3 Å². The van der Waals surface area contributed by atoms with Crippen LogP contribution in [0, 0.1) is 10.1 Å². The molecule has 0 aliphatic rings. The summed E-state index contributed by atoms with van der Waals surface area (Å²) < 4.78 is 7.72. The third kappa shape index (κ3) is 3.79. The van der Waals surface area contributed by atoms with Crippen molar-refractivity contribution in [1.82, 2.24) is 14.7 Å². The molecule has 1 atom stereocenters. The molecular formula is C14H18N4O3. The first-order valence-electron chi connectivity index (χ1n) is 6.51. The smallest absolute Gasteiger partial charge is 0.269 e. The van der Waals surface area contributed by atoms with E-state index in [4.69, 9.17) is 4.74 Å². The SMILES string of the molecule is CN(C)CC(Oc1ccc([N+](=O)[O-])cc1)c1ccnn1C.